The van der Waals surface area contributed by atoms with Crippen molar-refractivity contribution in [3.63, 3.8) is 0 Å². The molecule has 118 valence electrons. The van der Waals surface area contributed by atoms with Crippen LogP contribution in [0.3, 0.4) is 0 Å². The molecule has 1 aromatic rings. The first-order chi connectivity index (χ1) is 10.2. The molecule has 21 heavy (non-hydrogen) atoms. The highest BCUT2D eigenvalue weighted by Gasteiger charge is 2.20. The molecule has 1 aromatic carbocycles. The fraction of sp³-hybridized carbons (Fsp3) is 0.647. The Labute approximate surface area is 128 Å². The SMILES string of the molecule is CCNC(CN(CC)C(C)CC)c1ccc2c(c1)OCO2. The van der Waals surface area contributed by atoms with Gasteiger partial charge in [0.05, 0.1) is 0 Å². The summed E-state index contributed by atoms with van der Waals surface area (Å²) in [6.45, 7) is 12.3. The molecule has 0 amide bonds. The number of likely N-dealkylation sites (N-methyl/N-ethyl adjacent to an activating group) is 2. The predicted molar refractivity (Wildman–Crippen MR) is 86.0 cm³/mol. The summed E-state index contributed by atoms with van der Waals surface area (Å²) >= 11 is 0. The van der Waals surface area contributed by atoms with Crippen molar-refractivity contribution in [1.29, 1.82) is 0 Å². The fourth-order valence-corrected chi connectivity index (χ4v) is 2.78. The van der Waals surface area contributed by atoms with Crippen LogP contribution in [-0.2, 0) is 0 Å². The maximum absolute atomic E-state index is 5.50. The number of fused-ring (bicyclic) bond motifs is 1. The molecule has 4 heteroatoms. The van der Waals surface area contributed by atoms with Gasteiger partial charge in [-0.05, 0) is 44.1 Å². The lowest BCUT2D eigenvalue weighted by atomic mass is 10.0. The summed E-state index contributed by atoms with van der Waals surface area (Å²) < 4.78 is 10.9. The zero-order chi connectivity index (χ0) is 15.2. The minimum atomic E-state index is 0.318. The third kappa shape index (κ3) is 3.89. The Morgan fingerprint density at radius 2 is 1.95 bits per heavy atom. The molecule has 2 rings (SSSR count). The van der Waals surface area contributed by atoms with E-state index in [1.807, 2.05) is 6.07 Å². The van der Waals surface area contributed by atoms with Gasteiger partial charge in [-0.25, -0.2) is 0 Å². The van der Waals surface area contributed by atoms with Crippen molar-refractivity contribution >= 4 is 0 Å². The van der Waals surface area contributed by atoms with Gasteiger partial charge >= 0.3 is 0 Å². The van der Waals surface area contributed by atoms with Crippen LogP contribution in [0.1, 0.15) is 45.7 Å². The molecule has 0 fully saturated rings. The molecule has 1 aliphatic heterocycles. The van der Waals surface area contributed by atoms with E-state index in [0.717, 1.165) is 31.1 Å². The van der Waals surface area contributed by atoms with E-state index in [2.05, 4.69) is 50.0 Å². The Bertz CT molecular complexity index is 450. The van der Waals surface area contributed by atoms with E-state index in [4.69, 9.17) is 9.47 Å². The van der Waals surface area contributed by atoms with E-state index in [1.54, 1.807) is 0 Å². The number of hydrogen-bond donors (Lipinski definition) is 1. The molecule has 0 spiro atoms. The van der Waals surface area contributed by atoms with Crippen LogP contribution in [0.25, 0.3) is 0 Å². The monoisotopic (exact) mass is 292 g/mol. The van der Waals surface area contributed by atoms with Crippen molar-refractivity contribution in [3.05, 3.63) is 23.8 Å². The predicted octanol–water partition coefficient (Wildman–Crippen LogP) is 3.19. The average molecular weight is 292 g/mol. The van der Waals surface area contributed by atoms with Crippen LogP contribution in [0, 0.1) is 0 Å². The molecule has 2 unspecified atom stereocenters. The van der Waals surface area contributed by atoms with Gasteiger partial charge in [-0.2, -0.15) is 0 Å². The van der Waals surface area contributed by atoms with Gasteiger partial charge in [0, 0.05) is 18.6 Å². The second kappa shape index (κ2) is 7.66. The van der Waals surface area contributed by atoms with E-state index in [1.165, 1.54) is 12.0 Å². The van der Waals surface area contributed by atoms with Gasteiger partial charge in [0.15, 0.2) is 11.5 Å². The minimum absolute atomic E-state index is 0.318. The van der Waals surface area contributed by atoms with Crippen molar-refractivity contribution in [2.45, 2.75) is 46.2 Å². The van der Waals surface area contributed by atoms with Crippen molar-refractivity contribution in [3.8, 4) is 11.5 Å². The quantitative estimate of drug-likeness (QED) is 0.798. The van der Waals surface area contributed by atoms with Crippen LogP contribution in [0.2, 0.25) is 0 Å². The average Bonchev–Trinajstić information content (AvgIpc) is 2.98. The first kappa shape index (κ1) is 16.1. The maximum Gasteiger partial charge on any atom is 0.231 e. The number of nitrogens with zero attached hydrogens (tertiary/aromatic N) is 1. The van der Waals surface area contributed by atoms with E-state index in [-0.39, 0.29) is 0 Å². The lowest BCUT2D eigenvalue weighted by Gasteiger charge is -2.31. The van der Waals surface area contributed by atoms with Gasteiger partial charge in [-0.15, -0.1) is 0 Å². The van der Waals surface area contributed by atoms with Crippen LogP contribution in [-0.4, -0.2) is 37.4 Å². The van der Waals surface area contributed by atoms with Crippen LogP contribution < -0.4 is 14.8 Å². The summed E-state index contributed by atoms with van der Waals surface area (Å²) in [6, 6.07) is 7.19. The third-order valence-electron chi connectivity index (χ3n) is 4.29. The fourth-order valence-electron chi connectivity index (χ4n) is 2.78. The molecule has 1 N–H and O–H groups in total. The van der Waals surface area contributed by atoms with Gasteiger partial charge in [-0.3, -0.25) is 4.90 Å². The smallest absolute Gasteiger partial charge is 0.231 e. The molecular formula is C17H28N2O2. The topological polar surface area (TPSA) is 33.7 Å². The molecule has 0 radical (unpaired) electrons. The maximum atomic E-state index is 5.50. The molecule has 4 nitrogen and oxygen atoms in total. The molecule has 1 heterocycles. The minimum Gasteiger partial charge on any atom is -0.454 e. The van der Waals surface area contributed by atoms with Crippen molar-refractivity contribution in [2.24, 2.45) is 0 Å². The van der Waals surface area contributed by atoms with Crippen LogP contribution in [0.5, 0.6) is 11.5 Å². The summed E-state index contributed by atoms with van der Waals surface area (Å²) in [6.07, 6.45) is 1.17. The zero-order valence-corrected chi connectivity index (χ0v) is 13.7. The normalized spacial score (nSPS) is 16.2. The summed E-state index contributed by atoms with van der Waals surface area (Å²) in [5.41, 5.74) is 1.27. The first-order valence-electron chi connectivity index (χ1n) is 8.06. The lowest BCUT2D eigenvalue weighted by Crippen LogP contribution is -2.40. The molecule has 1 aliphatic rings. The summed E-state index contributed by atoms with van der Waals surface area (Å²) in [5, 5.41) is 3.60. The second-order valence-corrected chi connectivity index (χ2v) is 5.57. The third-order valence-corrected chi connectivity index (χ3v) is 4.29. The molecule has 0 bridgehead atoms. The molecule has 0 saturated carbocycles. The Hall–Kier alpha value is -1.26. The number of rotatable bonds is 8. The summed E-state index contributed by atoms with van der Waals surface area (Å²) in [4.78, 5) is 2.53. The van der Waals surface area contributed by atoms with Crippen LogP contribution >= 0.6 is 0 Å². The number of nitrogens with one attached hydrogen (secondary N) is 1. The number of hydrogen-bond acceptors (Lipinski definition) is 4. The van der Waals surface area contributed by atoms with E-state index < -0.39 is 0 Å². The first-order valence-corrected chi connectivity index (χ1v) is 8.06. The Morgan fingerprint density at radius 3 is 2.62 bits per heavy atom. The van der Waals surface area contributed by atoms with Crippen molar-refractivity contribution < 1.29 is 9.47 Å². The van der Waals surface area contributed by atoms with Gasteiger partial charge in [0.25, 0.3) is 0 Å². The van der Waals surface area contributed by atoms with Crippen LogP contribution in [0.15, 0.2) is 18.2 Å². The molecule has 2 atom stereocenters. The van der Waals surface area contributed by atoms with Crippen molar-refractivity contribution in [2.75, 3.05) is 26.4 Å². The Kier molecular flexibility index (Phi) is 5.88. The Balaban J connectivity index is 2.14. The highest BCUT2D eigenvalue weighted by atomic mass is 16.7. The van der Waals surface area contributed by atoms with Gasteiger partial charge in [0.2, 0.25) is 6.79 Å². The van der Waals surface area contributed by atoms with E-state index in [9.17, 15) is 0 Å². The molecule has 0 aliphatic carbocycles. The zero-order valence-electron chi connectivity index (χ0n) is 13.7. The molecule has 0 saturated heterocycles. The lowest BCUT2D eigenvalue weighted by molar-refractivity contribution is 0.173. The largest absolute Gasteiger partial charge is 0.454 e. The van der Waals surface area contributed by atoms with Gasteiger partial charge in [-0.1, -0.05) is 26.8 Å². The highest BCUT2D eigenvalue weighted by molar-refractivity contribution is 5.45. The van der Waals surface area contributed by atoms with Crippen LogP contribution in [0.4, 0.5) is 0 Å². The van der Waals surface area contributed by atoms with E-state index in [0.29, 0.717) is 18.9 Å². The molecule has 0 aromatic heterocycles. The van der Waals surface area contributed by atoms with Gasteiger partial charge < -0.3 is 14.8 Å². The summed E-state index contributed by atoms with van der Waals surface area (Å²) in [5.74, 6) is 1.71. The highest BCUT2D eigenvalue weighted by Crippen LogP contribution is 2.34. The Morgan fingerprint density at radius 1 is 1.19 bits per heavy atom. The van der Waals surface area contributed by atoms with Gasteiger partial charge in [0.1, 0.15) is 0 Å². The van der Waals surface area contributed by atoms with E-state index >= 15 is 0 Å². The second-order valence-electron chi connectivity index (χ2n) is 5.57. The summed E-state index contributed by atoms with van der Waals surface area (Å²) in [7, 11) is 0. The molecular weight excluding hydrogens is 264 g/mol. The number of ether oxygens (including phenoxy) is 2. The standard InChI is InChI=1S/C17H28N2O2/c1-5-13(4)19(7-3)11-15(18-6-2)14-8-9-16-17(10-14)21-12-20-16/h8-10,13,15,18H,5-7,11-12H2,1-4H3. The van der Waals surface area contributed by atoms with Crippen molar-refractivity contribution in [1.82, 2.24) is 10.2 Å². The number of benzene rings is 1.